The first-order valence-electron chi connectivity index (χ1n) is 8.13. The SMILES string of the molecule is CCC1CCNC(C(=O)N2CCCC(C)(C)C2C(=O)O)C1. The first kappa shape index (κ1) is 16.3. The van der Waals surface area contributed by atoms with E-state index in [4.69, 9.17) is 0 Å². The molecular formula is C16H28N2O3. The highest BCUT2D eigenvalue weighted by Crippen LogP contribution is 2.36. The van der Waals surface area contributed by atoms with Gasteiger partial charge in [0.25, 0.3) is 0 Å². The molecule has 2 heterocycles. The molecule has 2 N–H and O–H groups in total. The molecule has 0 bridgehead atoms. The average Bonchev–Trinajstić information content (AvgIpc) is 2.44. The summed E-state index contributed by atoms with van der Waals surface area (Å²) in [6.45, 7) is 7.47. The first-order valence-corrected chi connectivity index (χ1v) is 8.13. The summed E-state index contributed by atoms with van der Waals surface area (Å²) in [5, 5.41) is 12.9. The summed E-state index contributed by atoms with van der Waals surface area (Å²) >= 11 is 0. The summed E-state index contributed by atoms with van der Waals surface area (Å²) in [5.41, 5.74) is -0.363. The van der Waals surface area contributed by atoms with Gasteiger partial charge in [0.05, 0.1) is 6.04 Å². The van der Waals surface area contributed by atoms with Crippen molar-refractivity contribution in [2.24, 2.45) is 11.3 Å². The van der Waals surface area contributed by atoms with E-state index in [0.29, 0.717) is 12.5 Å². The number of rotatable bonds is 3. The third kappa shape index (κ3) is 3.39. The molecule has 120 valence electrons. The third-order valence-electron chi connectivity index (χ3n) is 5.18. The normalized spacial score (nSPS) is 32.7. The van der Waals surface area contributed by atoms with Crippen molar-refractivity contribution in [3.05, 3.63) is 0 Å². The standard InChI is InChI=1S/C16H28N2O3/c1-4-11-6-8-17-12(10-11)14(19)18-9-5-7-16(2,3)13(18)15(20)21/h11-13,17H,4-10H2,1-3H3,(H,20,21). The van der Waals surface area contributed by atoms with Crippen LogP contribution in [-0.2, 0) is 9.59 Å². The van der Waals surface area contributed by atoms with Gasteiger partial charge in [0.2, 0.25) is 5.91 Å². The second-order valence-corrected chi connectivity index (χ2v) is 7.17. The second kappa shape index (κ2) is 6.34. The predicted molar refractivity (Wildman–Crippen MR) is 81.0 cm³/mol. The molecule has 2 saturated heterocycles. The molecule has 5 heteroatoms. The molecule has 0 aromatic heterocycles. The van der Waals surface area contributed by atoms with Gasteiger partial charge in [0.15, 0.2) is 0 Å². The van der Waals surface area contributed by atoms with Crippen molar-refractivity contribution < 1.29 is 14.7 Å². The number of aliphatic carboxylic acids is 1. The van der Waals surface area contributed by atoms with Gasteiger partial charge in [0.1, 0.15) is 6.04 Å². The number of carboxylic acids is 1. The Morgan fingerprint density at radius 2 is 2.10 bits per heavy atom. The fourth-order valence-electron chi connectivity index (χ4n) is 3.85. The number of hydrogen-bond donors (Lipinski definition) is 2. The molecule has 0 aromatic rings. The number of carbonyl (C=O) groups excluding carboxylic acids is 1. The van der Waals surface area contributed by atoms with Gasteiger partial charge in [-0.1, -0.05) is 27.2 Å². The highest BCUT2D eigenvalue weighted by Gasteiger charge is 2.46. The van der Waals surface area contributed by atoms with Crippen LogP contribution in [0.5, 0.6) is 0 Å². The predicted octanol–water partition coefficient (Wildman–Crippen LogP) is 1.87. The van der Waals surface area contributed by atoms with Crippen LogP contribution in [0.15, 0.2) is 0 Å². The van der Waals surface area contributed by atoms with E-state index in [1.165, 1.54) is 0 Å². The van der Waals surface area contributed by atoms with Crippen LogP contribution in [0, 0.1) is 11.3 Å². The number of carbonyl (C=O) groups is 2. The van der Waals surface area contributed by atoms with Gasteiger partial charge in [-0.25, -0.2) is 4.79 Å². The lowest BCUT2D eigenvalue weighted by Gasteiger charge is -2.45. The highest BCUT2D eigenvalue weighted by molar-refractivity contribution is 5.87. The Bertz CT molecular complexity index is 408. The van der Waals surface area contributed by atoms with Crippen LogP contribution in [-0.4, -0.2) is 47.1 Å². The monoisotopic (exact) mass is 296 g/mol. The van der Waals surface area contributed by atoms with E-state index in [1.807, 2.05) is 13.8 Å². The van der Waals surface area contributed by atoms with Crippen molar-refractivity contribution in [3.63, 3.8) is 0 Å². The summed E-state index contributed by atoms with van der Waals surface area (Å²) in [6.07, 6.45) is 4.75. The van der Waals surface area contributed by atoms with Crippen molar-refractivity contribution >= 4 is 11.9 Å². The zero-order chi connectivity index (χ0) is 15.6. The Labute approximate surface area is 127 Å². The zero-order valence-corrected chi connectivity index (χ0v) is 13.4. The van der Waals surface area contributed by atoms with Crippen molar-refractivity contribution in [1.82, 2.24) is 10.2 Å². The van der Waals surface area contributed by atoms with Gasteiger partial charge in [0, 0.05) is 6.54 Å². The molecule has 0 saturated carbocycles. The lowest BCUT2D eigenvalue weighted by Crippen LogP contribution is -2.61. The topological polar surface area (TPSA) is 69.6 Å². The number of amides is 1. The number of nitrogens with one attached hydrogen (secondary N) is 1. The highest BCUT2D eigenvalue weighted by atomic mass is 16.4. The van der Waals surface area contributed by atoms with E-state index in [0.717, 1.165) is 38.6 Å². The minimum Gasteiger partial charge on any atom is -0.480 e. The Kier molecular flexibility index (Phi) is 4.91. The van der Waals surface area contributed by atoms with Crippen LogP contribution in [0.3, 0.4) is 0 Å². The van der Waals surface area contributed by atoms with E-state index in [-0.39, 0.29) is 17.4 Å². The average molecular weight is 296 g/mol. The summed E-state index contributed by atoms with van der Waals surface area (Å²) in [4.78, 5) is 26.1. The number of hydrogen-bond acceptors (Lipinski definition) is 3. The van der Waals surface area contributed by atoms with E-state index in [2.05, 4.69) is 12.2 Å². The molecule has 2 fully saturated rings. The molecule has 2 aliphatic heterocycles. The Morgan fingerprint density at radius 3 is 2.71 bits per heavy atom. The van der Waals surface area contributed by atoms with E-state index >= 15 is 0 Å². The van der Waals surface area contributed by atoms with Crippen LogP contribution in [0.1, 0.15) is 52.9 Å². The summed E-state index contributed by atoms with van der Waals surface area (Å²) in [7, 11) is 0. The second-order valence-electron chi connectivity index (χ2n) is 7.17. The van der Waals surface area contributed by atoms with Crippen molar-refractivity contribution in [2.45, 2.75) is 65.0 Å². The molecule has 0 aromatic carbocycles. The fraction of sp³-hybridized carbons (Fsp3) is 0.875. The van der Waals surface area contributed by atoms with Gasteiger partial charge in [-0.3, -0.25) is 4.79 Å². The molecule has 3 unspecified atom stereocenters. The molecule has 5 nitrogen and oxygen atoms in total. The third-order valence-corrected chi connectivity index (χ3v) is 5.18. The van der Waals surface area contributed by atoms with Crippen LogP contribution < -0.4 is 5.32 Å². The van der Waals surface area contributed by atoms with Gasteiger partial charge in [-0.05, 0) is 43.6 Å². The molecule has 0 aliphatic carbocycles. The van der Waals surface area contributed by atoms with Crippen LogP contribution in [0.25, 0.3) is 0 Å². The maximum absolute atomic E-state index is 12.8. The van der Waals surface area contributed by atoms with E-state index < -0.39 is 12.0 Å². The zero-order valence-electron chi connectivity index (χ0n) is 13.4. The molecular weight excluding hydrogens is 268 g/mol. The van der Waals surface area contributed by atoms with Crippen LogP contribution in [0.4, 0.5) is 0 Å². The first-order chi connectivity index (χ1) is 9.86. The van der Waals surface area contributed by atoms with Gasteiger partial charge in [-0.15, -0.1) is 0 Å². The largest absolute Gasteiger partial charge is 0.480 e. The molecule has 1 amide bonds. The number of likely N-dealkylation sites (tertiary alicyclic amines) is 1. The molecule has 2 rings (SSSR count). The quantitative estimate of drug-likeness (QED) is 0.834. The van der Waals surface area contributed by atoms with Crippen LogP contribution in [0.2, 0.25) is 0 Å². The summed E-state index contributed by atoms with van der Waals surface area (Å²) in [6, 6.07) is -0.915. The minimum absolute atomic E-state index is 0.0201. The lowest BCUT2D eigenvalue weighted by atomic mass is 9.76. The molecule has 3 atom stereocenters. The number of nitrogens with zero attached hydrogens (tertiary/aromatic N) is 1. The van der Waals surface area contributed by atoms with Crippen molar-refractivity contribution in [1.29, 1.82) is 0 Å². The maximum atomic E-state index is 12.8. The molecule has 2 aliphatic rings. The Balaban J connectivity index is 2.14. The number of piperidine rings is 2. The molecule has 0 radical (unpaired) electrons. The Hall–Kier alpha value is -1.10. The van der Waals surface area contributed by atoms with Crippen molar-refractivity contribution in [2.75, 3.05) is 13.1 Å². The van der Waals surface area contributed by atoms with Crippen LogP contribution >= 0.6 is 0 Å². The van der Waals surface area contributed by atoms with Crippen molar-refractivity contribution in [3.8, 4) is 0 Å². The maximum Gasteiger partial charge on any atom is 0.326 e. The smallest absolute Gasteiger partial charge is 0.326 e. The van der Waals surface area contributed by atoms with E-state index in [9.17, 15) is 14.7 Å². The van der Waals surface area contributed by atoms with Gasteiger partial charge < -0.3 is 15.3 Å². The Morgan fingerprint density at radius 1 is 1.38 bits per heavy atom. The fourth-order valence-corrected chi connectivity index (χ4v) is 3.85. The summed E-state index contributed by atoms with van der Waals surface area (Å²) in [5.74, 6) is -0.328. The molecule has 21 heavy (non-hydrogen) atoms. The lowest BCUT2D eigenvalue weighted by molar-refractivity contribution is -0.160. The number of carboxylic acid groups (broad SMARTS) is 1. The van der Waals surface area contributed by atoms with Gasteiger partial charge in [-0.2, -0.15) is 0 Å². The molecule has 0 spiro atoms. The summed E-state index contributed by atoms with van der Waals surface area (Å²) < 4.78 is 0. The minimum atomic E-state index is -0.879. The van der Waals surface area contributed by atoms with E-state index in [1.54, 1.807) is 4.90 Å². The van der Waals surface area contributed by atoms with Gasteiger partial charge >= 0.3 is 5.97 Å².